The molecule has 0 aliphatic rings. The highest BCUT2D eigenvalue weighted by Crippen LogP contribution is 2.00. The zero-order valence-corrected chi connectivity index (χ0v) is 9.35. The van der Waals surface area contributed by atoms with Gasteiger partial charge >= 0.3 is 5.97 Å². The van der Waals surface area contributed by atoms with Crippen LogP contribution >= 0.6 is 0 Å². The van der Waals surface area contributed by atoms with Gasteiger partial charge in [-0.3, -0.25) is 4.79 Å². The number of nitrogens with two attached hydrogens (primary N) is 1. The van der Waals surface area contributed by atoms with E-state index in [1.165, 1.54) is 12.3 Å². The first kappa shape index (κ1) is 13.1. The molecule has 6 heteroatoms. The number of carbonyl (C=O) groups excluding carboxylic acids is 1. The van der Waals surface area contributed by atoms with Crippen molar-refractivity contribution in [2.24, 2.45) is 5.73 Å². The topological polar surface area (TPSA) is 105 Å². The number of carbonyl (C=O) groups is 2. The Morgan fingerprint density at radius 3 is 2.71 bits per heavy atom. The van der Waals surface area contributed by atoms with Crippen LogP contribution in [-0.4, -0.2) is 28.5 Å². The van der Waals surface area contributed by atoms with E-state index in [4.69, 9.17) is 10.8 Å². The molecule has 0 fully saturated rings. The van der Waals surface area contributed by atoms with Crippen LogP contribution in [0.15, 0.2) is 18.3 Å². The van der Waals surface area contributed by atoms with Crippen LogP contribution in [-0.2, 0) is 11.3 Å². The third-order valence-electron chi connectivity index (χ3n) is 2.14. The summed E-state index contributed by atoms with van der Waals surface area (Å²) in [7, 11) is 0. The van der Waals surface area contributed by atoms with Gasteiger partial charge < -0.3 is 16.2 Å². The standard InChI is InChI=1S/C11H15N3O3/c12-5-1-2-10(15)14-7-8-3-4-9(11(16)17)13-6-8/h3-4,6H,1-2,5,7,12H2,(H,14,15)(H,16,17). The van der Waals surface area contributed by atoms with Gasteiger partial charge in [-0.25, -0.2) is 9.78 Å². The SMILES string of the molecule is NCCCC(=O)NCc1ccc(C(=O)O)nc1. The summed E-state index contributed by atoms with van der Waals surface area (Å²) in [5.41, 5.74) is 6.03. The Hall–Kier alpha value is -1.95. The number of pyridine rings is 1. The second-order valence-corrected chi connectivity index (χ2v) is 3.53. The summed E-state index contributed by atoms with van der Waals surface area (Å²) in [6, 6.07) is 3.03. The fourth-order valence-corrected chi connectivity index (χ4v) is 1.21. The molecule has 1 rings (SSSR count). The monoisotopic (exact) mass is 237 g/mol. The fourth-order valence-electron chi connectivity index (χ4n) is 1.21. The number of hydrogen-bond donors (Lipinski definition) is 3. The molecule has 0 spiro atoms. The summed E-state index contributed by atoms with van der Waals surface area (Å²) < 4.78 is 0. The maximum Gasteiger partial charge on any atom is 0.354 e. The molecule has 4 N–H and O–H groups in total. The number of nitrogens with zero attached hydrogens (tertiary/aromatic N) is 1. The molecule has 0 saturated heterocycles. The number of hydrogen-bond acceptors (Lipinski definition) is 4. The van der Waals surface area contributed by atoms with E-state index < -0.39 is 5.97 Å². The lowest BCUT2D eigenvalue weighted by molar-refractivity contribution is -0.121. The molecule has 0 aliphatic carbocycles. The Balaban J connectivity index is 2.42. The van der Waals surface area contributed by atoms with Gasteiger partial charge in [0.1, 0.15) is 5.69 Å². The predicted octanol–water partition coefficient (Wildman–Crippen LogP) is 0.135. The molecule has 17 heavy (non-hydrogen) atoms. The van der Waals surface area contributed by atoms with Crippen LogP contribution in [0.2, 0.25) is 0 Å². The highest BCUT2D eigenvalue weighted by atomic mass is 16.4. The van der Waals surface area contributed by atoms with Crippen LogP contribution in [0, 0.1) is 0 Å². The van der Waals surface area contributed by atoms with Gasteiger partial charge in [0.05, 0.1) is 0 Å². The number of rotatable bonds is 6. The Labute approximate surface area is 98.8 Å². The zero-order valence-electron chi connectivity index (χ0n) is 9.35. The number of amides is 1. The largest absolute Gasteiger partial charge is 0.477 e. The number of carboxylic acid groups (broad SMARTS) is 1. The van der Waals surface area contributed by atoms with Crippen molar-refractivity contribution in [1.29, 1.82) is 0 Å². The maximum absolute atomic E-state index is 11.3. The molecule has 1 aromatic rings. The molecule has 0 atom stereocenters. The highest BCUT2D eigenvalue weighted by Gasteiger charge is 2.04. The molecule has 1 heterocycles. The third-order valence-corrected chi connectivity index (χ3v) is 2.14. The van der Waals surface area contributed by atoms with E-state index in [1.807, 2.05) is 0 Å². The van der Waals surface area contributed by atoms with Gasteiger partial charge in [-0.2, -0.15) is 0 Å². The van der Waals surface area contributed by atoms with Crippen molar-refractivity contribution >= 4 is 11.9 Å². The average Bonchev–Trinajstić information content (AvgIpc) is 2.34. The molecule has 0 aromatic carbocycles. The van der Waals surface area contributed by atoms with Crippen LogP contribution in [0.25, 0.3) is 0 Å². The Bertz CT molecular complexity index is 389. The molecule has 0 unspecified atom stereocenters. The summed E-state index contributed by atoms with van der Waals surface area (Å²) >= 11 is 0. The molecule has 0 saturated carbocycles. The first-order chi connectivity index (χ1) is 8.13. The van der Waals surface area contributed by atoms with E-state index in [0.29, 0.717) is 25.9 Å². The minimum Gasteiger partial charge on any atom is -0.477 e. The van der Waals surface area contributed by atoms with Gasteiger partial charge in [0.25, 0.3) is 0 Å². The van der Waals surface area contributed by atoms with E-state index in [0.717, 1.165) is 5.56 Å². The normalized spacial score (nSPS) is 9.94. The van der Waals surface area contributed by atoms with Gasteiger partial charge in [0.2, 0.25) is 5.91 Å². The van der Waals surface area contributed by atoms with E-state index in [-0.39, 0.29) is 11.6 Å². The molecule has 1 amide bonds. The lowest BCUT2D eigenvalue weighted by Crippen LogP contribution is -2.23. The summed E-state index contributed by atoms with van der Waals surface area (Å²) in [4.78, 5) is 25.6. The van der Waals surface area contributed by atoms with Crippen molar-refractivity contribution in [2.75, 3.05) is 6.54 Å². The maximum atomic E-state index is 11.3. The number of carboxylic acids is 1. The van der Waals surface area contributed by atoms with Crippen molar-refractivity contribution in [3.05, 3.63) is 29.6 Å². The lowest BCUT2D eigenvalue weighted by Gasteiger charge is -2.04. The molecule has 1 aromatic heterocycles. The number of aromatic carboxylic acids is 1. The third kappa shape index (κ3) is 4.60. The van der Waals surface area contributed by atoms with Crippen LogP contribution in [0.1, 0.15) is 28.9 Å². The summed E-state index contributed by atoms with van der Waals surface area (Å²) in [5, 5.41) is 11.3. The van der Waals surface area contributed by atoms with Gasteiger partial charge in [-0.1, -0.05) is 6.07 Å². The van der Waals surface area contributed by atoms with Crippen molar-refractivity contribution in [3.8, 4) is 0 Å². The molecule has 0 radical (unpaired) electrons. The first-order valence-electron chi connectivity index (χ1n) is 5.28. The minimum atomic E-state index is -1.07. The van der Waals surface area contributed by atoms with Gasteiger partial charge in [0, 0.05) is 19.2 Å². The average molecular weight is 237 g/mol. The van der Waals surface area contributed by atoms with Crippen LogP contribution in [0.3, 0.4) is 0 Å². The smallest absolute Gasteiger partial charge is 0.354 e. The van der Waals surface area contributed by atoms with Crippen molar-refractivity contribution in [1.82, 2.24) is 10.3 Å². The Kier molecular flexibility index (Phi) is 5.09. The predicted molar refractivity (Wildman–Crippen MR) is 61.3 cm³/mol. The molecule has 0 aliphatic heterocycles. The highest BCUT2D eigenvalue weighted by molar-refractivity contribution is 5.85. The fraction of sp³-hybridized carbons (Fsp3) is 0.364. The zero-order chi connectivity index (χ0) is 12.7. The van der Waals surface area contributed by atoms with E-state index in [2.05, 4.69) is 10.3 Å². The second-order valence-electron chi connectivity index (χ2n) is 3.53. The molecule has 92 valence electrons. The van der Waals surface area contributed by atoms with E-state index >= 15 is 0 Å². The Morgan fingerprint density at radius 1 is 1.41 bits per heavy atom. The molecule has 0 bridgehead atoms. The molecular weight excluding hydrogens is 222 g/mol. The number of nitrogens with one attached hydrogen (secondary N) is 1. The van der Waals surface area contributed by atoms with Gasteiger partial charge in [0.15, 0.2) is 0 Å². The van der Waals surface area contributed by atoms with E-state index in [9.17, 15) is 9.59 Å². The van der Waals surface area contributed by atoms with Crippen LogP contribution in [0.5, 0.6) is 0 Å². The van der Waals surface area contributed by atoms with Crippen LogP contribution in [0.4, 0.5) is 0 Å². The summed E-state index contributed by atoms with van der Waals surface area (Å²) in [5.74, 6) is -1.14. The molecular formula is C11H15N3O3. The molecule has 6 nitrogen and oxygen atoms in total. The van der Waals surface area contributed by atoms with Crippen LogP contribution < -0.4 is 11.1 Å². The Morgan fingerprint density at radius 2 is 2.18 bits per heavy atom. The van der Waals surface area contributed by atoms with E-state index in [1.54, 1.807) is 6.07 Å². The summed E-state index contributed by atoms with van der Waals surface area (Å²) in [6.07, 6.45) is 2.49. The quantitative estimate of drug-likeness (QED) is 0.652. The minimum absolute atomic E-state index is 0.0109. The van der Waals surface area contributed by atoms with Gasteiger partial charge in [-0.05, 0) is 24.6 Å². The van der Waals surface area contributed by atoms with Crippen molar-refractivity contribution in [2.45, 2.75) is 19.4 Å². The number of aromatic nitrogens is 1. The van der Waals surface area contributed by atoms with Gasteiger partial charge in [-0.15, -0.1) is 0 Å². The lowest BCUT2D eigenvalue weighted by atomic mass is 10.2. The first-order valence-corrected chi connectivity index (χ1v) is 5.28. The van der Waals surface area contributed by atoms with Crippen molar-refractivity contribution < 1.29 is 14.7 Å². The second kappa shape index (κ2) is 6.59. The summed E-state index contributed by atoms with van der Waals surface area (Å²) in [6.45, 7) is 0.832. The van der Waals surface area contributed by atoms with Crippen molar-refractivity contribution in [3.63, 3.8) is 0 Å².